The molecule has 8 heteroatoms. The van der Waals surface area contributed by atoms with Crippen LogP contribution < -0.4 is 9.88 Å². The molecule has 0 saturated carbocycles. The Morgan fingerprint density at radius 2 is 1.93 bits per heavy atom. The van der Waals surface area contributed by atoms with E-state index in [1.165, 1.54) is 22.5 Å². The first-order valence-electron chi connectivity index (χ1n) is 9.40. The lowest BCUT2D eigenvalue weighted by molar-refractivity contribution is -0.690. The summed E-state index contributed by atoms with van der Waals surface area (Å²) < 4.78 is 28.8. The fraction of sp³-hybridized carbons (Fsp3) is 0.400. The van der Waals surface area contributed by atoms with Gasteiger partial charge in [-0.05, 0) is 43.5 Å². The maximum absolute atomic E-state index is 12.8. The van der Waals surface area contributed by atoms with Crippen LogP contribution in [-0.2, 0) is 27.8 Å². The molecule has 150 valence electrons. The third kappa shape index (κ3) is 4.54. The van der Waals surface area contributed by atoms with E-state index in [1.807, 2.05) is 29.8 Å². The Hall–Kier alpha value is -1.96. The summed E-state index contributed by atoms with van der Waals surface area (Å²) in [5.74, 6) is -0.265. The van der Waals surface area contributed by atoms with E-state index >= 15 is 0 Å². The van der Waals surface area contributed by atoms with Crippen molar-refractivity contribution in [1.82, 2.24) is 4.31 Å². The predicted molar refractivity (Wildman–Crippen MR) is 109 cm³/mol. The summed E-state index contributed by atoms with van der Waals surface area (Å²) in [5, 5.41) is 3.06. The Kier molecular flexibility index (Phi) is 6.37. The molecule has 3 rings (SSSR count). The van der Waals surface area contributed by atoms with Crippen molar-refractivity contribution in [2.75, 3.05) is 18.4 Å². The molecule has 1 fully saturated rings. The Morgan fingerprint density at radius 3 is 2.61 bits per heavy atom. The lowest BCUT2D eigenvalue weighted by Crippen LogP contribution is -2.43. The molecule has 1 N–H and O–H groups in total. The number of halogens is 1. The molecular weight excluding hydrogens is 398 g/mol. The monoisotopic (exact) mass is 422 g/mol. The van der Waals surface area contributed by atoms with Gasteiger partial charge >= 0.3 is 0 Å². The second-order valence-corrected chi connectivity index (χ2v) is 9.31. The highest BCUT2D eigenvalue weighted by molar-refractivity contribution is 7.89. The van der Waals surface area contributed by atoms with Gasteiger partial charge in [0.2, 0.25) is 16.6 Å². The van der Waals surface area contributed by atoms with Gasteiger partial charge in [-0.1, -0.05) is 18.5 Å². The first-order valence-corrected chi connectivity index (χ1v) is 11.2. The summed E-state index contributed by atoms with van der Waals surface area (Å²) in [5.41, 5.74) is 2.40. The lowest BCUT2D eigenvalue weighted by Gasteiger charge is -2.16. The molecule has 0 radical (unpaired) electrons. The zero-order valence-electron chi connectivity index (χ0n) is 16.1. The van der Waals surface area contributed by atoms with Gasteiger partial charge in [0.25, 0.3) is 5.91 Å². The molecule has 1 aliphatic rings. The number of pyridine rings is 1. The molecule has 1 aliphatic heterocycles. The van der Waals surface area contributed by atoms with Gasteiger partial charge in [0.05, 0.1) is 15.6 Å². The van der Waals surface area contributed by atoms with Gasteiger partial charge < -0.3 is 5.32 Å². The van der Waals surface area contributed by atoms with E-state index in [1.54, 1.807) is 0 Å². The summed E-state index contributed by atoms with van der Waals surface area (Å²) in [6.45, 7) is 5.16. The summed E-state index contributed by atoms with van der Waals surface area (Å²) in [6, 6.07) is 8.44. The fourth-order valence-electron chi connectivity index (χ4n) is 3.23. The maximum atomic E-state index is 12.8. The number of amides is 1. The number of benzene rings is 1. The highest BCUT2D eigenvalue weighted by Crippen LogP contribution is 2.28. The average Bonchev–Trinajstić information content (AvgIpc) is 3.21. The zero-order valence-corrected chi connectivity index (χ0v) is 17.7. The van der Waals surface area contributed by atoms with Crippen LogP contribution in [0.4, 0.5) is 5.69 Å². The number of hydrogen-bond donors (Lipinski definition) is 1. The van der Waals surface area contributed by atoms with E-state index in [4.69, 9.17) is 11.6 Å². The second kappa shape index (κ2) is 8.59. The van der Waals surface area contributed by atoms with Crippen LogP contribution in [0.1, 0.15) is 31.0 Å². The number of aryl methyl sites for hydroxylation is 2. The minimum atomic E-state index is -3.57. The van der Waals surface area contributed by atoms with Crippen LogP contribution in [-0.4, -0.2) is 31.7 Å². The van der Waals surface area contributed by atoms with Crippen molar-refractivity contribution >= 4 is 33.2 Å². The van der Waals surface area contributed by atoms with Crippen molar-refractivity contribution in [3.63, 3.8) is 0 Å². The smallest absolute Gasteiger partial charge is 0.290 e. The standard InChI is InChI=1S/C20H24ClN3O3S/c1-3-16-7-6-15(2)23(13-16)14-20(25)22-19-12-17(8-9-18(19)21)28(26,27)24-10-4-5-11-24/h6-9,12-13H,3-5,10-11,14H2,1-2H3/p+1. The Labute approximate surface area is 171 Å². The molecule has 2 heterocycles. The molecule has 1 saturated heterocycles. The molecule has 1 aromatic carbocycles. The minimum Gasteiger partial charge on any atom is -0.319 e. The predicted octanol–water partition coefficient (Wildman–Crippen LogP) is 2.92. The highest BCUT2D eigenvalue weighted by atomic mass is 35.5. The van der Waals surface area contributed by atoms with E-state index in [2.05, 4.69) is 12.2 Å². The summed E-state index contributed by atoms with van der Waals surface area (Å²) in [6.07, 6.45) is 4.56. The van der Waals surface area contributed by atoms with Crippen LogP contribution in [0.2, 0.25) is 5.02 Å². The van der Waals surface area contributed by atoms with Crippen LogP contribution in [0.3, 0.4) is 0 Å². The van der Waals surface area contributed by atoms with Gasteiger partial charge in [0, 0.05) is 31.6 Å². The van der Waals surface area contributed by atoms with E-state index in [-0.39, 0.29) is 17.3 Å². The third-order valence-electron chi connectivity index (χ3n) is 4.95. The largest absolute Gasteiger partial charge is 0.319 e. The Morgan fingerprint density at radius 1 is 1.21 bits per heavy atom. The fourth-order valence-corrected chi connectivity index (χ4v) is 4.94. The van der Waals surface area contributed by atoms with Crippen LogP contribution in [0.15, 0.2) is 41.4 Å². The molecule has 0 bridgehead atoms. The van der Waals surface area contributed by atoms with Gasteiger partial charge in [-0.15, -0.1) is 0 Å². The number of sulfonamides is 1. The Balaban J connectivity index is 1.79. The van der Waals surface area contributed by atoms with E-state index < -0.39 is 10.0 Å². The first-order chi connectivity index (χ1) is 13.3. The van der Waals surface area contributed by atoms with E-state index in [0.717, 1.165) is 30.5 Å². The molecule has 0 aliphatic carbocycles. The van der Waals surface area contributed by atoms with Crippen LogP contribution in [0.5, 0.6) is 0 Å². The third-order valence-corrected chi connectivity index (χ3v) is 7.17. The molecule has 28 heavy (non-hydrogen) atoms. The highest BCUT2D eigenvalue weighted by Gasteiger charge is 2.28. The number of anilines is 1. The van der Waals surface area contributed by atoms with Gasteiger partial charge in [-0.2, -0.15) is 8.87 Å². The van der Waals surface area contributed by atoms with E-state index in [9.17, 15) is 13.2 Å². The molecule has 2 aromatic rings. The number of rotatable bonds is 6. The van der Waals surface area contributed by atoms with Crippen LogP contribution in [0.25, 0.3) is 0 Å². The van der Waals surface area contributed by atoms with Gasteiger partial charge in [0.1, 0.15) is 0 Å². The Bertz CT molecular complexity index is 986. The van der Waals surface area contributed by atoms with Crippen LogP contribution in [0, 0.1) is 6.92 Å². The molecule has 1 amide bonds. The summed E-state index contributed by atoms with van der Waals surface area (Å²) in [7, 11) is -3.57. The number of carbonyl (C=O) groups excluding carboxylic acids is 1. The minimum absolute atomic E-state index is 0.124. The zero-order chi connectivity index (χ0) is 20.3. The number of hydrogen-bond acceptors (Lipinski definition) is 3. The number of nitrogens with one attached hydrogen (secondary N) is 1. The van der Waals surface area contributed by atoms with Gasteiger partial charge in [-0.3, -0.25) is 4.79 Å². The topological polar surface area (TPSA) is 70.4 Å². The van der Waals surface area contributed by atoms with Crippen molar-refractivity contribution in [2.45, 2.75) is 44.6 Å². The molecule has 0 spiro atoms. The molecule has 0 unspecified atom stereocenters. The normalized spacial score (nSPS) is 15.0. The quantitative estimate of drug-likeness (QED) is 0.727. The van der Waals surface area contributed by atoms with Crippen LogP contribution >= 0.6 is 11.6 Å². The number of carbonyl (C=O) groups is 1. The van der Waals surface area contributed by atoms with Crippen molar-refractivity contribution in [2.24, 2.45) is 0 Å². The average molecular weight is 423 g/mol. The second-order valence-electron chi connectivity index (χ2n) is 6.96. The van der Waals surface area contributed by atoms with E-state index in [0.29, 0.717) is 23.8 Å². The van der Waals surface area contributed by atoms with Crippen molar-refractivity contribution < 1.29 is 17.8 Å². The molecule has 6 nitrogen and oxygen atoms in total. The van der Waals surface area contributed by atoms with Gasteiger partial charge in [0.15, 0.2) is 11.9 Å². The van der Waals surface area contributed by atoms with Gasteiger partial charge in [-0.25, -0.2) is 8.42 Å². The lowest BCUT2D eigenvalue weighted by atomic mass is 10.2. The molecule has 0 atom stereocenters. The number of aromatic nitrogens is 1. The maximum Gasteiger partial charge on any atom is 0.290 e. The summed E-state index contributed by atoms with van der Waals surface area (Å²) in [4.78, 5) is 12.7. The number of nitrogens with zero attached hydrogens (tertiary/aromatic N) is 2. The first kappa shape index (κ1) is 20.8. The molecular formula is C20H25ClN3O3S+. The van der Waals surface area contributed by atoms with Crippen molar-refractivity contribution in [3.8, 4) is 0 Å². The summed E-state index contributed by atoms with van der Waals surface area (Å²) >= 11 is 6.20. The van der Waals surface area contributed by atoms with Crippen molar-refractivity contribution in [1.29, 1.82) is 0 Å². The van der Waals surface area contributed by atoms with Crippen molar-refractivity contribution in [3.05, 3.63) is 52.8 Å². The molecule has 1 aromatic heterocycles. The SMILES string of the molecule is CCc1ccc(C)[n+](CC(=O)Nc2cc(S(=O)(=O)N3CCCC3)ccc2Cl)c1.